The van der Waals surface area contributed by atoms with Crippen LogP contribution in [0.2, 0.25) is 0 Å². The monoisotopic (exact) mass is 423 g/mol. The van der Waals surface area contributed by atoms with Crippen molar-refractivity contribution in [3.05, 3.63) is 47.4 Å². The highest BCUT2D eigenvalue weighted by atomic mass is 32.2. The van der Waals surface area contributed by atoms with Crippen molar-refractivity contribution in [3.63, 3.8) is 0 Å². The fraction of sp³-hybridized carbons (Fsp3) is 0.600. The van der Waals surface area contributed by atoms with Crippen LogP contribution in [-0.2, 0) is 26.9 Å². The van der Waals surface area contributed by atoms with Gasteiger partial charge in [-0.3, -0.25) is 0 Å². The summed E-state index contributed by atoms with van der Waals surface area (Å²) >= 11 is 0. The van der Waals surface area contributed by atoms with E-state index in [1.165, 1.54) is 29.3 Å². The van der Waals surface area contributed by atoms with Crippen molar-refractivity contribution in [1.82, 2.24) is 14.4 Å². The number of sulfonamides is 1. The molecule has 4 rings (SSSR count). The molecule has 0 bridgehead atoms. The van der Waals surface area contributed by atoms with Crippen LogP contribution in [0.5, 0.6) is 0 Å². The Labute approximate surface area is 170 Å². The minimum absolute atomic E-state index is 0.163. The summed E-state index contributed by atoms with van der Waals surface area (Å²) in [5.74, 6) is 0.626. The molecule has 2 aromatic rings. The molecular formula is C20H26FN3O4S. The summed E-state index contributed by atoms with van der Waals surface area (Å²) in [4.78, 5) is 4.42. The Kier molecular flexibility index (Phi) is 6.26. The highest BCUT2D eigenvalue weighted by Gasteiger charge is 2.37. The number of hydrogen-bond acceptors (Lipinski definition) is 6. The summed E-state index contributed by atoms with van der Waals surface area (Å²) in [6.07, 6.45) is 5.25. The summed E-state index contributed by atoms with van der Waals surface area (Å²) in [6.45, 7) is 1.66. The minimum Gasteiger partial charge on any atom is -0.381 e. The van der Waals surface area contributed by atoms with Gasteiger partial charge in [0.25, 0.3) is 0 Å². The normalized spacial score (nSPS) is 20.8. The first-order valence-electron chi connectivity index (χ1n) is 10.2. The van der Waals surface area contributed by atoms with E-state index in [0.717, 1.165) is 19.4 Å². The van der Waals surface area contributed by atoms with E-state index in [1.807, 2.05) is 0 Å². The van der Waals surface area contributed by atoms with Crippen LogP contribution in [-0.4, -0.2) is 42.6 Å². The first-order valence-corrected chi connectivity index (χ1v) is 11.8. The Balaban J connectivity index is 1.43. The molecule has 0 N–H and O–H groups in total. The van der Waals surface area contributed by atoms with Crippen LogP contribution in [0.4, 0.5) is 4.39 Å². The Hall–Kier alpha value is -1.84. The van der Waals surface area contributed by atoms with Gasteiger partial charge in [0.1, 0.15) is 11.9 Å². The molecular weight excluding hydrogens is 397 g/mol. The zero-order valence-electron chi connectivity index (χ0n) is 16.3. The molecule has 1 atom stereocenters. The molecule has 2 aliphatic rings. The smallest absolute Gasteiger partial charge is 0.245 e. The third-order valence-corrected chi connectivity index (χ3v) is 7.22. The van der Waals surface area contributed by atoms with Gasteiger partial charge in [0.05, 0.1) is 12.4 Å². The lowest BCUT2D eigenvalue weighted by molar-refractivity contribution is 0.125. The van der Waals surface area contributed by atoms with Crippen LogP contribution in [0.3, 0.4) is 0 Å². The second-order valence-corrected chi connectivity index (χ2v) is 9.71. The molecule has 2 heterocycles. The van der Waals surface area contributed by atoms with Gasteiger partial charge in [0.2, 0.25) is 15.9 Å². The maximum atomic E-state index is 14.0. The Bertz CT molecular complexity index is 929. The molecule has 1 saturated carbocycles. The fourth-order valence-electron chi connectivity index (χ4n) is 3.58. The summed E-state index contributed by atoms with van der Waals surface area (Å²) in [7, 11) is -3.73. The standard InChI is InChI=1S/C20H26FN3O4S/c21-17-6-2-1-5-16(17)14-29(25,26)24-11-4-3-7-18(24)20-22-19(23-28-20)10-12-27-13-15-8-9-15/h1-2,5-6,15,18H,3-4,7-14H2. The van der Waals surface area contributed by atoms with Gasteiger partial charge in [-0.2, -0.15) is 9.29 Å². The largest absolute Gasteiger partial charge is 0.381 e. The number of piperidine rings is 1. The Morgan fingerprint density at radius 3 is 2.83 bits per heavy atom. The number of halogens is 1. The van der Waals surface area contributed by atoms with Crippen molar-refractivity contribution in [3.8, 4) is 0 Å². The highest BCUT2D eigenvalue weighted by Crippen LogP contribution is 2.33. The maximum absolute atomic E-state index is 14.0. The van der Waals surface area contributed by atoms with Crippen molar-refractivity contribution >= 4 is 10.0 Å². The van der Waals surface area contributed by atoms with Gasteiger partial charge in [0, 0.05) is 25.1 Å². The van der Waals surface area contributed by atoms with Crippen LogP contribution in [0.15, 0.2) is 28.8 Å². The van der Waals surface area contributed by atoms with Crippen molar-refractivity contribution in [2.75, 3.05) is 19.8 Å². The van der Waals surface area contributed by atoms with E-state index in [4.69, 9.17) is 9.26 Å². The Morgan fingerprint density at radius 2 is 2.03 bits per heavy atom. The van der Waals surface area contributed by atoms with Gasteiger partial charge >= 0.3 is 0 Å². The predicted molar refractivity (Wildman–Crippen MR) is 104 cm³/mol. The van der Waals surface area contributed by atoms with Crippen LogP contribution in [0.1, 0.15) is 55.4 Å². The van der Waals surface area contributed by atoms with Gasteiger partial charge in [0.15, 0.2) is 5.82 Å². The second kappa shape index (κ2) is 8.89. The van der Waals surface area contributed by atoms with E-state index in [1.54, 1.807) is 12.1 Å². The number of rotatable bonds is 9. The summed E-state index contributed by atoms with van der Waals surface area (Å²) in [5, 5.41) is 3.99. The molecule has 1 aliphatic heterocycles. The van der Waals surface area contributed by atoms with Crippen LogP contribution in [0.25, 0.3) is 0 Å². The second-order valence-electron chi connectivity index (χ2n) is 7.79. The topological polar surface area (TPSA) is 85.5 Å². The van der Waals surface area contributed by atoms with E-state index >= 15 is 0 Å². The molecule has 0 radical (unpaired) electrons. The molecule has 0 amide bonds. The van der Waals surface area contributed by atoms with Crippen LogP contribution < -0.4 is 0 Å². The summed E-state index contributed by atoms with van der Waals surface area (Å²) in [5.41, 5.74) is 0.163. The third-order valence-electron chi connectivity index (χ3n) is 5.40. The number of nitrogens with zero attached hydrogens (tertiary/aromatic N) is 3. The van der Waals surface area contributed by atoms with E-state index in [9.17, 15) is 12.8 Å². The van der Waals surface area contributed by atoms with E-state index in [0.29, 0.717) is 43.6 Å². The molecule has 2 fully saturated rings. The van der Waals surface area contributed by atoms with Gasteiger partial charge in [-0.15, -0.1) is 0 Å². The molecule has 158 valence electrons. The number of hydrogen-bond donors (Lipinski definition) is 0. The van der Waals surface area contributed by atoms with E-state index in [-0.39, 0.29) is 11.3 Å². The molecule has 1 aromatic carbocycles. The van der Waals surface area contributed by atoms with Crippen molar-refractivity contribution in [2.45, 2.75) is 50.3 Å². The van der Waals surface area contributed by atoms with Crippen molar-refractivity contribution in [2.24, 2.45) is 5.92 Å². The number of ether oxygens (including phenoxy) is 1. The molecule has 9 heteroatoms. The average Bonchev–Trinajstić information content (AvgIpc) is 3.42. The maximum Gasteiger partial charge on any atom is 0.245 e. The van der Waals surface area contributed by atoms with Crippen LogP contribution >= 0.6 is 0 Å². The lowest BCUT2D eigenvalue weighted by Crippen LogP contribution is -2.39. The molecule has 1 unspecified atom stereocenters. The average molecular weight is 424 g/mol. The van der Waals surface area contributed by atoms with Crippen LogP contribution in [0, 0.1) is 11.7 Å². The zero-order chi connectivity index (χ0) is 20.3. The van der Waals surface area contributed by atoms with Gasteiger partial charge in [-0.25, -0.2) is 12.8 Å². The summed E-state index contributed by atoms with van der Waals surface area (Å²) in [6, 6.07) is 5.45. The number of aromatic nitrogens is 2. The van der Waals surface area contributed by atoms with Crippen molar-refractivity contribution in [1.29, 1.82) is 0 Å². The highest BCUT2D eigenvalue weighted by molar-refractivity contribution is 7.88. The predicted octanol–water partition coefficient (Wildman–Crippen LogP) is 3.23. The van der Waals surface area contributed by atoms with E-state index < -0.39 is 21.9 Å². The molecule has 1 aliphatic carbocycles. The Morgan fingerprint density at radius 1 is 1.21 bits per heavy atom. The molecule has 1 saturated heterocycles. The molecule has 29 heavy (non-hydrogen) atoms. The first-order chi connectivity index (χ1) is 14.0. The SMILES string of the molecule is O=S(=O)(Cc1ccccc1F)N1CCCCC1c1nc(CCOCC2CC2)no1. The van der Waals surface area contributed by atoms with Gasteiger partial charge in [-0.05, 0) is 37.7 Å². The minimum atomic E-state index is -3.73. The lowest BCUT2D eigenvalue weighted by Gasteiger charge is -2.32. The number of benzene rings is 1. The fourth-order valence-corrected chi connectivity index (χ4v) is 5.37. The van der Waals surface area contributed by atoms with Gasteiger partial charge in [-0.1, -0.05) is 29.8 Å². The molecule has 1 aromatic heterocycles. The third kappa shape index (κ3) is 5.21. The van der Waals surface area contributed by atoms with Gasteiger partial charge < -0.3 is 9.26 Å². The van der Waals surface area contributed by atoms with E-state index in [2.05, 4.69) is 10.1 Å². The summed E-state index contributed by atoms with van der Waals surface area (Å²) < 4.78 is 52.4. The molecule has 0 spiro atoms. The van der Waals surface area contributed by atoms with Crippen molar-refractivity contribution < 1.29 is 22.1 Å². The lowest BCUT2D eigenvalue weighted by atomic mass is 10.1. The zero-order valence-corrected chi connectivity index (χ0v) is 17.1. The molecule has 7 nitrogen and oxygen atoms in total. The quantitative estimate of drug-likeness (QED) is 0.576. The first kappa shape index (κ1) is 20.4.